The van der Waals surface area contributed by atoms with E-state index in [9.17, 15) is 32.7 Å². The number of carboxylic acids is 1. The van der Waals surface area contributed by atoms with E-state index in [1.165, 1.54) is 12.1 Å². The molecule has 0 aromatic heterocycles. The number of aliphatic carboxylic acids is 1. The molecule has 1 spiro atoms. The van der Waals surface area contributed by atoms with Crippen molar-refractivity contribution in [3.8, 4) is 0 Å². The van der Waals surface area contributed by atoms with Gasteiger partial charge in [-0.15, -0.1) is 0 Å². The zero-order valence-electron chi connectivity index (χ0n) is 23.8. The molecule has 1 aliphatic carbocycles. The number of carbonyl (C=O) groups is 3. The van der Waals surface area contributed by atoms with Crippen molar-refractivity contribution in [1.29, 1.82) is 0 Å². The number of nitrogens with one attached hydrogen (secondary N) is 1. The van der Waals surface area contributed by atoms with E-state index in [-0.39, 0.29) is 60.2 Å². The maximum Gasteiger partial charge on any atom is 1.00 e. The van der Waals surface area contributed by atoms with Crippen molar-refractivity contribution in [2.75, 3.05) is 6.54 Å². The fraction of sp³-hybridized carbons (Fsp3) is 0.467. The minimum atomic E-state index is -4.48. The second kappa shape index (κ2) is 13.1. The first-order valence-corrected chi connectivity index (χ1v) is 13.5. The molecule has 1 N–H and O–H groups in total. The van der Waals surface area contributed by atoms with E-state index >= 15 is 0 Å². The molecule has 1 fully saturated rings. The first-order chi connectivity index (χ1) is 18.8. The summed E-state index contributed by atoms with van der Waals surface area (Å²) in [5.41, 5.74) is 0.0520. The van der Waals surface area contributed by atoms with Crippen LogP contribution in [0.4, 0.5) is 13.2 Å². The summed E-state index contributed by atoms with van der Waals surface area (Å²) in [6.45, 7) is 6.16. The largest absolute Gasteiger partial charge is 1.00 e. The van der Waals surface area contributed by atoms with Crippen LogP contribution in [0.2, 0.25) is 0 Å². The van der Waals surface area contributed by atoms with Gasteiger partial charge in [-0.25, -0.2) is 0 Å². The summed E-state index contributed by atoms with van der Waals surface area (Å²) in [6, 6.07) is 11.0. The minimum absolute atomic E-state index is 0. The van der Waals surface area contributed by atoms with Crippen LogP contribution in [0.25, 0.3) is 0 Å². The molecule has 11 heteroatoms. The first-order valence-electron chi connectivity index (χ1n) is 13.5. The molecule has 7 nitrogen and oxygen atoms in total. The predicted octanol–water partition coefficient (Wildman–Crippen LogP) is 1.51. The van der Waals surface area contributed by atoms with Gasteiger partial charge in [-0.3, -0.25) is 14.6 Å². The Morgan fingerprint density at radius 3 is 2.17 bits per heavy atom. The third kappa shape index (κ3) is 7.21. The van der Waals surface area contributed by atoms with E-state index in [1.54, 1.807) is 29.2 Å². The van der Waals surface area contributed by atoms with Gasteiger partial charge in [0.1, 0.15) is 11.4 Å². The van der Waals surface area contributed by atoms with Crippen molar-refractivity contribution in [3.05, 3.63) is 70.8 Å². The average molecular weight is 580 g/mol. The predicted molar refractivity (Wildman–Crippen MR) is 141 cm³/mol. The van der Waals surface area contributed by atoms with Gasteiger partial charge in [-0.2, -0.15) is 13.2 Å². The summed E-state index contributed by atoms with van der Waals surface area (Å²) >= 11 is 0. The van der Waals surface area contributed by atoms with Crippen LogP contribution in [0.3, 0.4) is 0 Å². The van der Waals surface area contributed by atoms with Crippen LogP contribution < -0.4 is 40.0 Å². The molecule has 0 radical (unpaired) electrons. The maximum absolute atomic E-state index is 14.1. The molecule has 1 saturated carbocycles. The van der Waals surface area contributed by atoms with Crippen LogP contribution >= 0.6 is 0 Å². The number of halogens is 3. The minimum Gasteiger partial charge on any atom is -0.550 e. The number of amides is 2. The zero-order valence-corrected chi connectivity index (χ0v) is 25.8. The summed E-state index contributed by atoms with van der Waals surface area (Å²) in [5, 5.41) is 13.1. The Bertz CT molecular complexity index is 1290. The Morgan fingerprint density at radius 2 is 1.66 bits per heavy atom. The third-order valence-corrected chi connectivity index (χ3v) is 7.70. The maximum atomic E-state index is 14.1. The average Bonchev–Trinajstić information content (AvgIpc) is 3.14. The molecular formula is C30H33F3N3NaO4. The first kappa shape index (κ1) is 32.8. The van der Waals surface area contributed by atoms with Gasteiger partial charge >= 0.3 is 35.7 Å². The van der Waals surface area contributed by atoms with Gasteiger partial charge in [0.2, 0.25) is 0 Å². The molecule has 214 valence electrons. The molecule has 2 aromatic rings. The molecule has 0 bridgehead atoms. The van der Waals surface area contributed by atoms with E-state index in [2.05, 4.69) is 19.2 Å². The summed E-state index contributed by atoms with van der Waals surface area (Å²) in [5.74, 6) is -1.41. The Kier molecular flexibility index (Phi) is 10.5. The van der Waals surface area contributed by atoms with Crippen molar-refractivity contribution in [1.82, 2.24) is 10.2 Å². The zero-order chi connectivity index (χ0) is 29.2. The van der Waals surface area contributed by atoms with Gasteiger partial charge in [-0.05, 0) is 67.3 Å². The molecule has 2 aliphatic rings. The van der Waals surface area contributed by atoms with Crippen molar-refractivity contribution in [2.45, 2.75) is 70.8 Å². The fourth-order valence-corrected chi connectivity index (χ4v) is 6.19. The smallest absolute Gasteiger partial charge is 0.550 e. The third-order valence-electron chi connectivity index (χ3n) is 7.70. The number of benzene rings is 2. The SMILES string of the molecule is CC[C@H](c1ccc(C(=O)NCCC(=O)[O-])cc1)N1C(=O)C(c2ccc(C(F)(F)F)cc2)=NC12CC(C)CC(C)C2.[Na+]. The number of hydrogen-bond acceptors (Lipinski definition) is 5. The molecule has 41 heavy (non-hydrogen) atoms. The van der Waals surface area contributed by atoms with Crippen LogP contribution in [0.5, 0.6) is 0 Å². The van der Waals surface area contributed by atoms with Crippen LogP contribution in [-0.4, -0.2) is 40.6 Å². The topological polar surface area (TPSA) is 102 Å². The number of carbonyl (C=O) groups excluding carboxylic acids is 3. The fourth-order valence-electron chi connectivity index (χ4n) is 6.19. The van der Waals surface area contributed by atoms with Crippen molar-refractivity contribution >= 4 is 23.5 Å². The molecule has 2 aromatic carbocycles. The van der Waals surface area contributed by atoms with E-state index in [0.29, 0.717) is 42.2 Å². The second-order valence-corrected chi connectivity index (χ2v) is 11.0. The Hall–Kier alpha value is -2.69. The van der Waals surface area contributed by atoms with Gasteiger partial charge < -0.3 is 20.1 Å². The Balaban J connectivity index is 0.00000462. The van der Waals surface area contributed by atoms with E-state index in [0.717, 1.165) is 24.1 Å². The summed E-state index contributed by atoms with van der Waals surface area (Å²) in [6.07, 6.45) is -1.94. The van der Waals surface area contributed by atoms with Crippen LogP contribution in [-0.2, 0) is 15.8 Å². The molecule has 2 amide bonds. The quantitative estimate of drug-likeness (QED) is 0.480. The summed E-state index contributed by atoms with van der Waals surface area (Å²) in [7, 11) is 0. The van der Waals surface area contributed by atoms with Gasteiger partial charge in [-0.1, -0.05) is 45.0 Å². The Morgan fingerprint density at radius 1 is 1.07 bits per heavy atom. The molecule has 1 aliphatic heterocycles. The molecule has 1 heterocycles. The molecule has 2 unspecified atom stereocenters. The van der Waals surface area contributed by atoms with Crippen molar-refractivity contribution < 1.29 is 62.2 Å². The van der Waals surface area contributed by atoms with E-state index in [1.807, 2.05) is 6.92 Å². The molecular weight excluding hydrogens is 546 g/mol. The van der Waals surface area contributed by atoms with E-state index < -0.39 is 29.3 Å². The van der Waals surface area contributed by atoms with Gasteiger partial charge in [0, 0.05) is 30.1 Å². The van der Waals surface area contributed by atoms with Crippen molar-refractivity contribution in [2.24, 2.45) is 16.8 Å². The monoisotopic (exact) mass is 579 g/mol. The van der Waals surface area contributed by atoms with Crippen LogP contribution in [0.15, 0.2) is 53.5 Å². The van der Waals surface area contributed by atoms with Crippen molar-refractivity contribution in [3.63, 3.8) is 0 Å². The van der Waals surface area contributed by atoms with E-state index in [4.69, 9.17) is 4.99 Å². The number of nitrogens with zero attached hydrogens (tertiary/aromatic N) is 2. The standard InChI is InChI=1S/C30H34F3N3O4.Na/c1-4-24(20-5-7-22(8-6-20)27(39)34-14-13-25(37)38)36-28(40)26(21-9-11-23(12-10-21)30(31,32)33)35-29(36)16-18(2)15-19(3)17-29;/h5-12,18-19,24H,4,13-17H2,1-3H3,(H,34,39)(H,37,38);/q;+1/p-1/t18?,19?,24-,29?;/m1./s1. The number of rotatable bonds is 8. The summed E-state index contributed by atoms with van der Waals surface area (Å²) < 4.78 is 39.5. The van der Waals surface area contributed by atoms with Gasteiger partial charge in [0.05, 0.1) is 11.6 Å². The summed E-state index contributed by atoms with van der Waals surface area (Å²) in [4.78, 5) is 43.9. The second-order valence-electron chi connectivity index (χ2n) is 11.0. The van der Waals surface area contributed by atoms with Gasteiger partial charge in [0.15, 0.2) is 0 Å². The normalized spacial score (nSPS) is 23.1. The molecule has 0 saturated heterocycles. The van der Waals surface area contributed by atoms with Gasteiger partial charge in [0.25, 0.3) is 11.8 Å². The molecule has 3 atom stereocenters. The number of aliphatic imine (C=N–C) groups is 1. The number of hydrogen-bond donors (Lipinski definition) is 1. The number of alkyl halides is 3. The Labute approximate surface area is 259 Å². The van der Waals surface area contributed by atoms with Crippen LogP contribution in [0.1, 0.15) is 86.0 Å². The molecule has 4 rings (SSSR count). The van der Waals surface area contributed by atoms with Crippen LogP contribution in [0, 0.1) is 11.8 Å². The number of carboxylic acid groups (broad SMARTS) is 1.